The predicted molar refractivity (Wildman–Crippen MR) is 71.7 cm³/mol. The van der Waals surface area contributed by atoms with E-state index < -0.39 is 0 Å². The molecule has 5 heteroatoms. The van der Waals surface area contributed by atoms with Crippen molar-refractivity contribution in [3.63, 3.8) is 0 Å². The number of nitrogens with zero attached hydrogens (tertiary/aromatic N) is 3. The summed E-state index contributed by atoms with van der Waals surface area (Å²) in [6.45, 7) is 1.99. The number of halogens is 1. The number of benzene rings is 1. The van der Waals surface area contributed by atoms with Gasteiger partial charge in [-0.1, -0.05) is 41.9 Å². The van der Waals surface area contributed by atoms with Crippen molar-refractivity contribution in [3.05, 3.63) is 46.6 Å². The smallest absolute Gasteiger partial charge is 0.226 e. The van der Waals surface area contributed by atoms with Crippen molar-refractivity contribution in [1.82, 2.24) is 10.1 Å². The SMILES string of the molecule is CC(CC#N)Cc1nc(Cc2ccccc2Cl)no1. The molecule has 1 atom stereocenters. The first-order chi connectivity index (χ1) is 9.19. The Balaban J connectivity index is 2.02. The van der Waals surface area contributed by atoms with Crippen LogP contribution < -0.4 is 0 Å². The molecule has 1 unspecified atom stereocenters. The summed E-state index contributed by atoms with van der Waals surface area (Å²) in [6, 6.07) is 9.73. The van der Waals surface area contributed by atoms with Crippen LogP contribution in [-0.2, 0) is 12.8 Å². The van der Waals surface area contributed by atoms with E-state index in [9.17, 15) is 0 Å². The Hall–Kier alpha value is -1.86. The lowest BCUT2D eigenvalue weighted by Crippen LogP contribution is -1.99. The van der Waals surface area contributed by atoms with E-state index in [1.54, 1.807) is 0 Å². The van der Waals surface area contributed by atoms with Crippen molar-refractivity contribution in [3.8, 4) is 6.07 Å². The summed E-state index contributed by atoms with van der Waals surface area (Å²) >= 11 is 6.08. The third-order valence-electron chi connectivity index (χ3n) is 2.78. The van der Waals surface area contributed by atoms with Crippen LogP contribution in [0.1, 0.15) is 30.6 Å². The van der Waals surface area contributed by atoms with E-state index >= 15 is 0 Å². The molecule has 0 fully saturated rings. The average molecular weight is 276 g/mol. The molecule has 98 valence electrons. The first-order valence-corrected chi connectivity index (χ1v) is 6.48. The highest BCUT2D eigenvalue weighted by molar-refractivity contribution is 6.31. The lowest BCUT2D eigenvalue weighted by Gasteiger charge is -2.00. The van der Waals surface area contributed by atoms with Crippen molar-refractivity contribution < 1.29 is 4.52 Å². The molecule has 1 heterocycles. The van der Waals surface area contributed by atoms with Gasteiger partial charge in [0, 0.05) is 24.3 Å². The number of nitriles is 1. The maximum Gasteiger partial charge on any atom is 0.226 e. The molecule has 2 aromatic rings. The zero-order valence-electron chi connectivity index (χ0n) is 10.6. The minimum absolute atomic E-state index is 0.221. The Kier molecular flexibility index (Phi) is 4.53. The second kappa shape index (κ2) is 6.35. The number of rotatable bonds is 5. The molecule has 0 bridgehead atoms. The molecule has 19 heavy (non-hydrogen) atoms. The molecule has 0 radical (unpaired) electrons. The Labute approximate surface area is 117 Å². The fourth-order valence-electron chi connectivity index (χ4n) is 1.78. The summed E-state index contributed by atoms with van der Waals surface area (Å²) in [5.74, 6) is 1.41. The van der Waals surface area contributed by atoms with Crippen LogP contribution in [0.15, 0.2) is 28.8 Å². The number of aromatic nitrogens is 2. The van der Waals surface area contributed by atoms with Gasteiger partial charge in [-0.15, -0.1) is 0 Å². The molecule has 1 aromatic heterocycles. The van der Waals surface area contributed by atoms with Crippen molar-refractivity contribution in [2.45, 2.75) is 26.2 Å². The van der Waals surface area contributed by atoms with Gasteiger partial charge in [-0.3, -0.25) is 0 Å². The van der Waals surface area contributed by atoms with Crippen LogP contribution in [0.2, 0.25) is 5.02 Å². The molecule has 4 nitrogen and oxygen atoms in total. The third kappa shape index (κ3) is 3.80. The van der Waals surface area contributed by atoms with E-state index in [0.29, 0.717) is 36.0 Å². The standard InChI is InChI=1S/C14H14ClN3O/c1-10(6-7-16)8-14-17-13(18-19-14)9-11-4-2-3-5-12(11)15/h2-5,10H,6,8-9H2,1H3. The molecular weight excluding hydrogens is 262 g/mol. The minimum atomic E-state index is 0.221. The lowest BCUT2D eigenvalue weighted by atomic mass is 10.1. The van der Waals surface area contributed by atoms with Gasteiger partial charge < -0.3 is 4.52 Å². The first kappa shape index (κ1) is 13.6. The molecule has 0 aliphatic rings. The Morgan fingerprint density at radius 1 is 1.42 bits per heavy atom. The van der Waals surface area contributed by atoms with Crippen LogP contribution in [0, 0.1) is 17.2 Å². The molecule has 0 saturated carbocycles. The second-order valence-corrected chi connectivity index (χ2v) is 4.95. The van der Waals surface area contributed by atoms with E-state index in [4.69, 9.17) is 21.4 Å². The van der Waals surface area contributed by atoms with Gasteiger partial charge in [0.2, 0.25) is 5.89 Å². The third-order valence-corrected chi connectivity index (χ3v) is 3.15. The van der Waals surface area contributed by atoms with Crippen LogP contribution in [0.3, 0.4) is 0 Å². The van der Waals surface area contributed by atoms with E-state index in [2.05, 4.69) is 16.2 Å². The fraction of sp³-hybridized carbons (Fsp3) is 0.357. The molecule has 0 aliphatic heterocycles. The van der Waals surface area contributed by atoms with Crippen LogP contribution in [0.25, 0.3) is 0 Å². The topological polar surface area (TPSA) is 62.7 Å². The van der Waals surface area contributed by atoms with Crippen LogP contribution in [0.4, 0.5) is 0 Å². The quantitative estimate of drug-likeness (QED) is 0.839. The predicted octanol–water partition coefficient (Wildman–Crippen LogP) is 3.41. The van der Waals surface area contributed by atoms with Gasteiger partial charge in [-0.25, -0.2) is 0 Å². The molecule has 1 aromatic carbocycles. The Morgan fingerprint density at radius 2 is 2.21 bits per heavy atom. The molecule has 2 rings (SSSR count). The zero-order chi connectivity index (χ0) is 13.7. The van der Waals surface area contributed by atoms with Gasteiger partial charge in [0.25, 0.3) is 0 Å². The summed E-state index contributed by atoms with van der Waals surface area (Å²) in [7, 11) is 0. The van der Waals surface area contributed by atoms with E-state index in [-0.39, 0.29) is 5.92 Å². The van der Waals surface area contributed by atoms with Crippen LogP contribution in [0.5, 0.6) is 0 Å². The summed E-state index contributed by atoms with van der Waals surface area (Å²) in [6.07, 6.45) is 1.67. The maximum atomic E-state index is 8.61. The van der Waals surface area contributed by atoms with Gasteiger partial charge in [0.05, 0.1) is 6.07 Å². The highest BCUT2D eigenvalue weighted by atomic mass is 35.5. The Bertz CT molecular complexity index is 588. The van der Waals surface area contributed by atoms with Crippen LogP contribution in [-0.4, -0.2) is 10.1 Å². The number of hydrogen-bond donors (Lipinski definition) is 0. The molecule has 0 spiro atoms. The zero-order valence-corrected chi connectivity index (χ0v) is 11.4. The van der Waals surface area contributed by atoms with Crippen LogP contribution >= 0.6 is 11.6 Å². The largest absolute Gasteiger partial charge is 0.339 e. The van der Waals surface area contributed by atoms with Gasteiger partial charge >= 0.3 is 0 Å². The Morgan fingerprint density at radius 3 is 2.95 bits per heavy atom. The number of hydrogen-bond acceptors (Lipinski definition) is 4. The van der Waals surface area contributed by atoms with E-state index in [0.717, 1.165) is 5.56 Å². The van der Waals surface area contributed by atoms with E-state index in [1.165, 1.54) is 0 Å². The monoisotopic (exact) mass is 275 g/mol. The summed E-state index contributed by atoms with van der Waals surface area (Å²) in [5.41, 5.74) is 0.974. The van der Waals surface area contributed by atoms with Crippen molar-refractivity contribution in [2.24, 2.45) is 5.92 Å². The minimum Gasteiger partial charge on any atom is -0.339 e. The maximum absolute atomic E-state index is 8.61. The summed E-state index contributed by atoms with van der Waals surface area (Å²) < 4.78 is 5.18. The molecular formula is C14H14ClN3O. The summed E-state index contributed by atoms with van der Waals surface area (Å²) in [4.78, 5) is 4.32. The van der Waals surface area contributed by atoms with Crippen molar-refractivity contribution in [1.29, 1.82) is 5.26 Å². The average Bonchev–Trinajstić information content (AvgIpc) is 2.80. The molecule has 0 amide bonds. The second-order valence-electron chi connectivity index (χ2n) is 4.54. The first-order valence-electron chi connectivity index (χ1n) is 6.11. The van der Waals surface area contributed by atoms with Gasteiger partial charge in [0.1, 0.15) is 0 Å². The molecule has 0 aliphatic carbocycles. The fourth-order valence-corrected chi connectivity index (χ4v) is 1.99. The van der Waals surface area contributed by atoms with Gasteiger partial charge in [-0.2, -0.15) is 10.2 Å². The highest BCUT2D eigenvalue weighted by Crippen LogP contribution is 2.18. The van der Waals surface area contributed by atoms with Crippen molar-refractivity contribution in [2.75, 3.05) is 0 Å². The molecule has 0 N–H and O–H groups in total. The highest BCUT2D eigenvalue weighted by Gasteiger charge is 2.12. The molecule has 0 saturated heterocycles. The normalized spacial score (nSPS) is 12.1. The van der Waals surface area contributed by atoms with Gasteiger partial charge in [-0.05, 0) is 17.5 Å². The van der Waals surface area contributed by atoms with Gasteiger partial charge in [0.15, 0.2) is 5.82 Å². The lowest BCUT2D eigenvalue weighted by molar-refractivity contribution is 0.355. The van der Waals surface area contributed by atoms with Crippen molar-refractivity contribution >= 4 is 11.6 Å². The van der Waals surface area contributed by atoms with E-state index in [1.807, 2.05) is 31.2 Å². The summed E-state index contributed by atoms with van der Waals surface area (Å²) in [5, 5.41) is 13.3.